The Balaban J connectivity index is 1.51. The summed E-state index contributed by atoms with van der Waals surface area (Å²) in [7, 11) is 3.87. The summed E-state index contributed by atoms with van der Waals surface area (Å²) in [5, 5.41) is 13.9. The fourth-order valence-electron chi connectivity index (χ4n) is 4.75. The molecule has 1 aliphatic carbocycles. The van der Waals surface area contributed by atoms with Crippen molar-refractivity contribution < 1.29 is 4.79 Å². The van der Waals surface area contributed by atoms with Crippen molar-refractivity contribution in [1.29, 1.82) is 0 Å². The molecule has 7 nitrogen and oxygen atoms in total. The van der Waals surface area contributed by atoms with Crippen LogP contribution in [0.1, 0.15) is 41.5 Å². The number of carbonyl (C=O) groups is 1. The first-order chi connectivity index (χ1) is 12.6. The van der Waals surface area contributed by atoms with E-state index in [1.807, 2.05) is 47.8 Å². The molecule has 7 heteroatoms. The Morgan fingerprint density at radius 2 is 2.04 bits per heavy atom. The van der Waals surface area contributed by atoms with Gasteiger partial charge < -0.3 is 9.47 Å². The molecule has 1 amide bonds. The Kier molecular flexibility index (Phi) is 3.23. The Hall–Kier alpha value is -2.70. The van der Waals surface area contributed by atoms with Crippen molar-refractivity contribution in [3.63, 3.8) is 0 Å². The predicted molar refractivity (Wildman–Crippen MR) is 96.6 cm³/mol. The van der Waals surface area contributed by atoms with Gasteiger partial charge in [0.25, 0.3) is 5.91 Å². The number of likely N-dealkylation sites (tertiary alicyclic amines) is 1. The molecule has 1 spiro atoms. The predicted octanol–water partition coefficient (Wildman–Crippen LogP) is 2.11. The van der Waals surface area contributed by atoms with Gasteiger partial charge in [0.15, 0.2) is 5.69 Å². The molecule has 3 aromatic rings. The van der Waals surface area contributed by atoms with Gasteiger partial charge in [-0.2, -0.15) is 5.10 Å². The molecule has 0 N–H and O–H groups in total. The van der Waals surface area contributed by atoms with Crippen LogP contribution in [0.2, 0.25) is 0 Å². The second kappa shape index (κ2) is 5.40. The Labute approximate surface area is 151 Å². The van der Waals surface area contributed by atoms with E-state index in [2.05, 4.69) is 15.3 Å². The number of fused-ring (bicyclic) bond motifs is 1. The van der Waals surface area contributed by atoms with Gasteiger partial charge in [-0.15, -0.1) is 10.2 Å². The first kappa shape index (κ1) is 15.5. The van der Waals surface area contributed by atoms with E-state index in [-0.39, 0.29) is 17.2 Å². The number of aromatic nitrogens is 5. The summed E-state index contributed by atoms with van der Waals surface area (Å²) in [6, 6.07) is 7.91. The average molecular weight is 350 g/mol. The first-order valence-corrected chi connectivity index (χ1v) is 9.14. The third-order valence-corrected chi connectivity index (χ3v) is 6.30. The minimum Gasteiger partial charge on any atom is -0.336 e. The number of aryl methyl sites for hydroxylation is 2. The number of hydrogen-bond donors (Lipinski definition) is 0. The number of benzene rings is 1. The summed E-state index contributed by atoms with van der Waals surface area (Å²) in [5.74, 6) is 1.27. The van der Waals surface area contributed by atoms with Gasteiger partial charge in [0.05, 0.1) is 5.52 Å². The quantitative estimate of drug-likeness (QED) is 0.710. The second-order valence-electron chi connectivity index (χ2n) is 7.74. The van der Waals surface area contributed by atoms with E-state index in [0.29, 0.717) is 12.2 Å². The van der Waals surface area contributed by atoms with Crippen LogP contribution >= 0.6 is 0 Å². The van der Waals surface area contributed by atoms with Crippen LogP contribution < -0.4 is 0 Å². The standard InChI is InChI=1S/C19H22N6O/c1-23-12-20-21-17(23)14-10-25(11-19(14)8-5-9-19)18(26)16-13-6-3-4-7-15(13)24(2)22-16/h3-4,6-7,12,14H,5,8-11H2,1-2H3. The molecular formula is C19H22N6O. The highest BCUT2D eigenvalue weighted by Gasteiger charge is 2.53. The van der Waals surface area contributed by atoms with E-state index >= 15 is 0 Å². The van der Waals surface area contributed by atoms with E-state index in [0.717, 1.165) is 36.1 Å². The zero-order valence-electron chi connectivity index (χ0n) is 15.1. The SMILES string of the molecule is Cn1cnnc1C1CN(C(=O)c2nn(C)c3ccccc23)CC12CCC2. The number of rotatable bonds is 2. The van der Waals surface area contributed by atoms with Crippen molar-refractivity contribution in [3.8, 4) is 0 Å². The lowest BCUT2D eigenvalue weighted by Crippen LogP contribution is -2.38. The molecule has 1 saturated carbocycles. The van der Waals surface area contributed by atoms with Crippen LogP contribution in [0.5, 0.6) is 0 Å². The molecule has 2 aliphatic rings. The third-order valence-electron chi connectivity index (χ3n) is 6.30. The van der Waals surface area contributed by atoms with Gasteiger partial charge in [0, 0.05) is 38.5 Å². The van der Waals surface area contributed by atoms with Crippen molar-refractivity contribution in [1.82, 2.24) is 29.4 Å². The molecule has 1 unspecified atom stereocenters. The van der Waals surface area contributed by atoms with E-state index in [1.54, 1.807) is 11.0 Å². The Morgan fingerprint density at radius 3 is 2.73 bits per heavy atom. The molecule has 1 atom stereocenters. The van der Waals surface area contributed by atoms with E-state index in [4.69, 9.17) is 0 Å². The first-order valence-electron chi connectivity index (χ1n) is 9.14. The zero-order valence-corrected chi connectivity index (χ0v) is 15.1. The van der Waals surface area contributed by atoms with Gasteiger partial charge >= 0.3 is 0 Å². The lowest BCUT2D eigenvalue weighted by atomic mass is 9.62. The number of amides is 1. The van der Waals surface area contributed by atoms with Crippen molar-refractivity contribution in [2.75, 3.05) is 13.1 Å². The van der Waals surface area contributed by atoms with Gasteiger partial charge in [0.1, 0.15) is 12.2 Å². The van der Waals surface area contributed by atoms with E-state index in [1.165, 1.54) is 6.42 Å². The van der Waals surface area contributed by atoms with Crippen LogP contribution in [-0.2, 0) is 14.1 Å². The monoisotopic (exact) mass is 350 g/mol. The van der Waals surface area contributed by atoms with Crippen molar-refractivity contribution >= 4 is 16.8 Å². The smallest absolute Gasteiger partial charge is 0.275 e. The Morgan fingerprint density at radius 1 is 1.23 bits per heavy atom. The minimum atomic E-state index is 0.0257. The molecule has 0 radical (unpaired) electrons. The Bertz CT molecular complexity index is 999. The molecular weight excluding hydrogens is 328 g/mol. The van der Waals surface area contributed by atoms with Crippen LogP contribution in [0.15, 0.2) is 30.6 Å². The summed E-state index contributed by atoms with van der Waals surface area (Å²) in [6.07, 6.45) is 5.27. The highest BCUT2D eigenvalue weighted by atomic mass is 16.2. The molecule has 2 aromatic heterocycles. The molecule has 26 heavy (non-hydrogen) atoms. The number of carbonyl (C=O) groups excluding carboxylic acids is 1. The second-order valence-corrected chi connectivity index (χ2v) is 7.74. The molecule has 1 aliphatic heterocycles. The average Bonchev–Trinajstić information content (AvgIpc) is 3.29. The van der Waals surface area contributed by atoms with Crippen LogP contribution in [0.3, 0.4) is 0 Å². The largest absolute Gasteiger partial charge is 0.336 e. The maximum atomic E-state index is 13.3. The normalized spacial score (nSPS) is 21.5. The summed E-state index contributed by atoms with van der Waals surface area (Å²) in [5.41, 5.74) is 1.69. The third kappa shape index (κ3) is 2.06. The molecule has 3 heterocycles. The van der Waals surface area contributed by atoms with Crippen molar-refractivity contribution in [3.05, 3.63) is 42.1 Å². The van der Waals surface area contributed by atoms with Crippen LogP contribution in [0.25, 0.3) is 10.9 Å². The van der Waals surface area contributed by atoms with Gasteiger partial charge in [-0.3, -0.25) is 9.48 Å². The maximum absolute atomic E-state index is 13.3. The van der Waals surface area contributed by atoms with Crippen molar-refractivity contribution in [2.24, 2.45) is 19.5 Å². The van der Waals surface area contributed by atoms with Gasteiger partial charge in [-0.1, -0.05) is 24.6 Å². The number of nitrogens with zero attached hydrogens (tertiary/aromatic N) is 6. The maximum Gasteiger partial charge on any atom is 0.275 e. The molecule has 0 bridgehead atoms. The molecule has 1 saturated heterocycles. The van der Waals surface area contributed by atoms with Crippen LogP contribution in [-0.4, -0.2) is 48.4 Å². The van der Waals surface area contributed by atoms with Crippen LogP contribution in [0.4, 0.5) is 0 Å². The molecule has 5 rings (SSSR count). The highest BCUT2D eigenvalue weighted by Crippen LogP contribution is 2.55. The van der Waals surface area contributed by atoms with Gasteiger partial charge in [-0.25, -0.2) is 0 Å². The van der Waals surface area contributed by atoms with E-state index < -0.39 is 0 Å². The van der Waals surface area contributed by atoms with Gasteiger partial charge in [0.2, 0.25) is 0 Å². The van der Waals surface area contributed by atoms with E-state index in [9.17, 15) is 4.79 Å². The highest BCUT2D eigenvalue weighted by molar-refractivity contribution is 6.05. The molecule has 2 fully saturated rings. The lowest BCUT2D eigenvalue weighted by Gasteiger charge is -2.42. The number of para-hydroxylation sites is 1. The summed E-state index contributed by atoms with van der Waals surface area (Å²) >= 11 is 0. The fourth-order valence-corrected chi connectivity index (χ4v) is 4.75. The molecule has 134 valence electrons. The summed E-state index contributed by atoms with van der Waals surface area (Å²) < 4.78 is 3.78. The topological polar surface area (TPSA) is 68.8 Å². The molecule has 1 aromatic carbocycles. The van der Waals surface area contributed by atoms with Gasteiger partial charge in [-0.05, 0) is 24.3 Å². The lowest BCUT2D eigenvalue weighted by molar-refractivity contribution is 0.0719. The zero-order chi connectivity index (χ0) is 17.9. The summed E-state index contributed by atoms with van der Waals surface area (Å²) in [4.78, 5) is 15.3. The number of hydrogen-bond acceptors (Lipinski definition) is 4. The van der Waals surface area contributed by atoms with Crippen molar-refractivity contribution in [2.45, 2.75) is 25.2 Å². The fraction of sp³-hybridized carbons (Fsp3) is 0.474. The summed E-state index contributed by atoms with van der Waals surface area (Å²) in [6.45, 7) is 1.48. The minimum absolute atomic E-state index is 0.0257. The van der Waals surface area contributed by atoms with Crippen LogP contribution in [0, 0.1) is 5.41 Å².